The van der Waals surface area contributed by atoms with Gasteiger partial charge in [0.05, 0.1) is 12.6 Å². The Morgan fingerprint density at radius 3 is 2.65 bits per heavy atom. The second kappa shape index (κ2) is 5.13. The Hall–Kier alpha value is -0.960. The van der Waals surface area contributed by atoms with E-state index in [1.165, 1.54) is 5.01 Å². The van der Waals surface area contributed by atoms with E-state index in [0.29, 0.717) is 0 Å². The third-order valence-corrected chi connectivity index (χ3v) is 4.04. The molecule has 1 aliphatic rings. The van der Waals surface area contributed by atoms with Gasteiger partial charge in [0.15, 0.2) is 0 Å². The summed E-state index contributed by atoms with van der Waals surface area (Å²) in [6, 6.07) is 2.37. The fourth-order valence-electron chi connectivity index (χ4n) is 2.06. The summed E-state index contributed by atoms with van der Waals surface area (Å²) in [6.07, 6.45) is 1.86. The molecule has 2 heterocycles. The molecule has 0 N–H and O–H groups in total. The van der Waals surface area contributed by atoms with E-state index in [0.717, 1.165) is 32.7 Å². The van der Waals surface area contributed by atoms with Crippen LogP contribution in [0.3, 0.4) is 0 Å². The third kappa shape index (κ3) is 3.03. The zero-order valence-electron chi connectivity index (χ0n) is 10.4. The first kappa shape index (κ1) is 12.5. The predicted molar refractivity (Wildman–Crippen MR) is 68.7 cm³/mol. The highest BCUT2D eigenvalue weighted by Gasteiger charge is 2.29. The Bertz CT molecular complexity index is 385. The molecule has 1 fully saturated rings. The van der Waals surface area contributed by atoms with Crippen LogP contribution in [0.15, 0.2) is 11.6 Å². The average Bonchev–Trinajstić information content (AvgIpc) is 2.83. The highest BCUT2D eigenvalue weighted by atomic mass is 32.1. The van der Waals surface area contributed by atoms with Crippen molar-refractivity contribution in [3.63, 3.8) is 0 Å². The SMILES string of the molecule is CC(C)(C#N)N1CCN(Cc2nccs2)CC1. The van der Waals surface area contributed by atoms with Gasteiger partial charge < -0.3 is 0 Å². The van der Waals surface area contributed by atoms with Crippen molar-refractivity contribution in [3.8, 4) is 6.07 Å². The molecule has 0 saturated carbocycles. The molecule has 92 valence electrons. The molecule has 0 aromatic carbocycles. The van der Waals surface area contributed by atoms with Crippen LogP contribution < -0.4 is 0 Å². The van der Waals surface area contributed by atoms with Crippen LogP contribution in [-0.4, -0.2) is 46.5 Å². The lowest BCUT2D eigenvalue weighted by Crippen LogP contribution is -2.53. The molecule has 5 heteroatoms. The van der Waals surface area contributed by atoms with Crippen LogP contribution in [0.25, 0.3) is 0 Å². The number of nitriles is 1. The zero-order chi connectivity index (χ0) is 12.3. The Morgan fingerprint density at radius 1 is 1.41 bits per heavy atom. The Labute approximate surface area is 106 Å². The highest BCUT2D eigenvalue weighted by molar-refractivity contribution is 7.09. The molecule has 0 unspecified atom stereocenters. The number of aromatic nitrogens is 1. The number of piperazine rings is 1. The van der Waals surface area contributed by atoms with Crippen molar-refractivity contribution in [2.45, 2.75) is 25.9 Å². The van der Waals surface area contributed by atoms with Gasteiger partial charge in [-0.25, -0.2) is 4.98 Å². The summed E-state index contributed by atoms with van der Waals surface area (Å²) in [5.41, 5.74) is -0.340. The van der Waals surface area contributed by atoms with Crippen molar-refractivity contribution in [2.24, 2.45) is 0 Å². The van der Waals surface area contributed by atoms with Gasteiger partial charge >= 0.3 is 0 Å². The van der Waals surface area contributed by atoms with Crippen LogP contribution in [0.5, 0.6) is 0 Å². The normalized spacial score (nSPS) is 19.1. The maximum atomic E-state index is 9.11. The summed E-state index contributed by atoms with van der Waals surface area (Å²) in [5.74, 6) is 0. The molecule has 0 atom stereocenters. The van der Waals surface area contributed by atoms with Crippen LogP contribution in [-0.2, 0) is 6.54 Å². The quantitative estimate of drug-likeness (QED) is 0.816. The summed E-state index contributed by atoms with van der Waals surface area (Å²) in [4.78, 5) is 8.97. The lowest BCUT2D eigenvalue weighted by molar-refractivity contribution is 0.0763. The molecule has 1 aromatic rings. The molecule has 0 aliphatic carbocycles. The lowest BCUT2D eigenvalue weighted by Gasteiger charge is -2.40. The fraction of sp³-hybridized carbons (Fsp3) is 0.667. The van der Waals surface area contributed by atoms with Gasteiger partial charge in [-0.1, -0.05) is 0 Å². The first-order valence-electron chi connectivity index (χ1n) is 5.89. The highest BCUT2D eigenvalue weighted by Crippen LogP contribution is 2.17. The number of thiazole rings is 1. The van der Waals surface area contributed by atoms with Crippen molar-refractivity contribution < 1.29 is 0 Å². The standard InChI is InChI=1S/C12H18N4S/c1-12(2,10-13)16-6-4-15(5-7-16)9-11-14-3-8-17-11/h3,8H,4-7,9H2,1-2H3. The van der Waals surface area contributed by atoms with Crippen LogP contribution in [0.2, 0.25) is 0 Å². The maximum absolute atomic E-state index is 9.11. The van der Waals surface area contributed by atoms with Crippen molar-refractivity contribution in [1.29, 1.82) is 5.26 Å². The van der Waals surface area contributed by atoms with Crippen molar-refractivity contribution in [1.82, 2.24) is 14.8 Å². The van der Waals surface area contributed by atoms with Crippen LogP contribution in [0, 0.1) is 11.3 Å². The summed E-state index contributed by atoms with van der Waals surface area (Å²) in [7, 11) is 0. The van der Waals surface area contributed by atoms with E-state index >= 15 is 0 Å². The molecule has 1 aromatic heterocycles. The minimum atomic E-state index is -0.340. The molecule has 4 nitrogen and oxygen atoms in total. The first-order chi connectivity index (χ1) is 8.12. The Kier molecular flexibility index (Phi) is 3.77. The zero-order valence-corrected chi connectivity index (χ0v) is 11.2. The van der Waals surface area contributed by atoms with Crippen molar-refractivity contribution in [2.75, 3.05) is 26.2 Å². The number of nitrogens with zero attached hydrogens (tertiary/aromatic N) is 4. The van der Waals surface area contributed by atoms with Gasteiger partial charge in [0.25, 0.3) is 0 Å². The molecule has 1 saturated heterocycles. The molecule has 17 heavy (non-hydrogen) atoms. The molecule has 0 radical (unpaired) electrons. The van der Waals surface area contributed by atoms with E-state index < -0.39 is 0 Å². The number of hydrogen-bond donors (Lipinski definition) is 0. The molecule has 1 aliphatic heterocycles. The summed E-state index contributed by atoms with van der Waals surface area (Å²) in [6.45, 7) is 8.89. The second-order valence-corrected chi connectivity index (χ2v) is 5.84. The summed E-state index contributed by atoms with van der Waals surface area (Å²) < 4.78 is 0. The van der Waals surface area contributed by atoms with E-state index in [-0.39, 0.29) is 5.54 Å². The molecular weight excluding hydrogens is 232 g/mol. The van der Waals surface area contributed by atoms with E-state index in [1.807, 2.05) is 25.4 Å². The van der Waals surface area contributed by atoms with E-state index in [2.05, 4.69) is 20.9 Å². The van der Waals surface area contributed by atoms with Crippen molar-refractivity contribution in [3.05, 3.63) is 16.6 Å². The maximum Gasteiger partial charge on any atom is 0.107 e. The van der Waals surface area contributed by atoms with Gasteiger partial charge in [-0.05, 0) is 13.8 Å². The molecular formula is C12H18N4S. The van der Waals surface area contributed by atoms with Gasteiger partial charge in [0, 0.05) is 37.8 Å². The van der Waals surface area contributed by atoms with Gasteiger partial charge in [0.1, 0.15) is 10.5 Å². The molecule has 2 rings (SSSR count). The first-order valence-corrected chi connectivity index (χ1v) is 6.77. The third-order valence-electron chi connectivity index (χ3n) is 3.28. The van der Waals surface area contributed by atoms with Gasteiger partial charge in [-0.2, -0.15) is 5.26 Å². The molecule has 0 spiro atoms. The monoisotopic (exact) mass is 250 g/mol. The number of hydrogen-bond acceptors (Lipinski definition) is 5. The summed E-state index contributed by atoms with van der Waals surface area (Å²) >= 11 is 1.71. The second-order valence-electron chi connectivity index (χ2n) is 4.86. The van der Waals surface area contributed by atoms with Crippen LogP contribution >= 0.6 is 11.3 Å². The minimum Gasteiger partial charge on any atom is -0.294 e. The predicted octanol–water partition coefficient (Wildman–Crippen LogP) is 1.56. The van der Waals surface area contributed by atoms with Crippen molar-refractivity contribution >= 4 is 11.3 Å². The molecule has 0 bridgehead atoms. The topological polar surface area (TPSA) is 43.2 Å². The molecule has 0 amide bonds. The van der Waals surface area contributed by atoms with Gasteiger partial charge in [-0.3, -0.25) is 9.80 Å². The van der Waals surface area contributed by atoms with Crippen LogP contribution in [0.1, 0.15) is 18.9 Å². The Morgan fingerprint density at radius 2 is 2.12 bits per heavy atom. The Balaban J connectivity index is 1.85. The largest absolute Gasteiger partial charge is 0.294 e. The van der Waals surface area contributed by atoms with Gasteiger partial charge in [0.2, 0.25) is 0 Å². The minimum absolute atomic E-state index is 0.340. The fourth-order valence-corrected chi connectivity index (χ4v) is 2.72. The van der Waals surface area contributed by atoms with E-state index in [4.69, 9.17) is 5.26 Å². The van der Waals surface area contributed by atoms with E-state index in [1.54, 1.807) is 11.3 Å². The smallest absolute Gasteiger partial charge is 0.107 e. The van der Waals surface area contributed by atoms with Gasteiger partial charge in [-0.15, -0.1) is 11.3 Å². The van der Waals surface area contributed by atoms with Crippen LogP contribution in [0.4, 0.5) is 0 Å². The number of rotatable bonds is 3. The van der Waals surface area contributed by atoms with E-state index in [9.17, 15) is 0 Å². The summed E-state index contributed by atoms with van der Waals surface area (Å²) in [5, 5.41) is 12.3. The average molecular weight is 250 g/mol. The lowest BCUT2D eigenvalue weighted by atomic mass is 10.0.